The first kappa shape index (κ1) is 30.8. The van der Waals surface area contributed by atoms with Gasteiger partial charge in [-0.3, -0.25) is 4.55 Å². The quantitative estimate of drug-likeness (QED) is 0.133. The van der Waals surface area contributed by atoms with Gasteiger partial charge in [0.25, 0.3) is 10.1 Å². The van der Waals surface area contributed by atoms with Gasteiger partial charge in [0, 0.05) is 0 Å². The summed E-state index contributed by atoms with van der Waals surface area (Å²) < 4.78 is 34.2. The van der Waals surface area contributed by atoms with Crippen LogP contribution in [0.3, 0.4) is 0 Å². The van der Waals surface area contributed by atoms with Gasteiger partial charge in [0.05, 0.1) is 4.90 Å². The maximum atomic E-state index is 12.2. The normalized spacial score (nSPS) is 12.0. The van der Waals surface area contributed by atoms with E-state index in [2.05, 4.69) is 32.0 Å². The van der Waals surface area contributed by atoms with E-state index in [4.69, 9.17) is 0 Å². The van der Waals surface area contributed by atoms with Gasteiger partial charge in [0.15, 0.2) is 0 Å². The van der Waals surface area contributed by atoms with E-state index in [1.807, 2.05) is 6.07 Å². The average Bonchev–Trinajstić information content (AvgIpc) is 2.85. The summed E-state index contributed by atoms with van der Waals surface area (Å²) in [6.45, 7) is 4.50. The van der Waals surface area contributed by atoms with Gasteiger partial charge in [0.1, 0.15) is 0 Å². The first-order chi connectivity index (χ1) is 17.5. The van der Waals surface area contributed by atoms with Gasteiger partial charge in [0.2, 0.25) is 0 Å². The highest BCUT2D eigenvalue weighted by molar-refractivity contribution is 7.85. The number of hydrogen-bond acceptors (Lipinski definition) is 2. The van der Waals surface area contributed by atoms with Gasteiger partial charge in [-0.25, -0.2) is 0 Å². The molecule has 0 aliphatic rings. The largest absolute Gasteiger partial charge is 0.294 e. The van der Waals surface area contributed by atoms with Crippen LogP contribution in [0.5, 0.6) is 0 Å². The van der Waals surface area contributed by atoms with Crippen LogP contribution in [-0.4, -0.2) is 13.0 Å². The van der Waals surface area contributed by atoms with Crippen molar-refractivity contribution in [2.45, 2.75) is 147 Å². The highest BCUT2D eigenvalue weighted by atomic mass is 32.2. The van der Waals surface area contributed by atoms with Crippen LogP contribution in [0.2, 0.25) is 0 Å². The molecule has 1 N–H and O–H groups in total. The summed E-state index contributed by atoms with van der Waals surface area (Å²) in [5.74, 6) is 0. The topological polar surface area (TPSA) is 54.4 Å². The Morgan fingerprint density at radius 2 is 1.03 bits per heavy atom. The first-order valence-electron chi connectivity index (χ1n) is 15.0. The summed E-state index contributed by atoms with van der Waals surface area (Å²) in [5.41, 5.74) is 2.00. The molecular formula is C32H52O3S. The highest BCUT2D eigenvalue weighted by Crippen LogP contribution is 2.27. The fourth-order valence-corrected chi connectivity index (χ4v) is 6.00. The first-order valence-corrected chi connectivity index (χ1v) is 16.4. The molecule has 0 saturated heterocycles. The molecule has 0 unspecified atom stereocenters. The number of aryl methyl sites for hydroxylation is 2. The Morgan fingerprint density at radius 1 is 0.556 bits per heavy atom. The molecule has 2 aromatic carbocycles. The van der Waals surface area contributed by atoms with Crippen LogP contribution in [0, 0.1) is 0 Å². The van der Waals surface area contributed by atoms with Crippen LogP contribution in [0.1, 0.15) is 141 Å². The minimum absolute atomic E-state index is 0.0924. The van der Waals surface area contributed by atoms with Crippen LogP contribution in [0.4, 0.5) is 0 Å². The SMILES string of the molecule is CCCCCCCCCCCc1ccc2cc(CCCCCCCCCCC)c(S(=O)(=O)O)cc2c1. The zero-order valence-electron chi connectivity index (χ0n) is 23.2. The van der Waals surface area contributed by atoms with Gasteiger partial charge in [-0.05, 0) is 59.7 Å². The zero-order chi connectivity index (χ0) is 26.1. The summed E-state index contributed by atoms with van der Waals surface area (Å²) in [5, 5.41) is 1.97. The van der Waals surface area contributed by atoms with Crippen LogP contribution in [0.15, 0.2) is 35.2 Å². The summed E-state index contributed by atoms with van der Waals surface area (Å²) >= 11 is 0. The average molecular weight is 517 g/mol. The standard InChI is InChI=1S/C32H52O3S/c1-3-5-7-9-11-13-15-17-19-21-28-23-24-29-26-30(32(36(33,34)35)27-31(29)25-28)22-20-18-16-14-12-10-8-6-4-2/h23-27H,3-22H2,1-2H3,(H,33,34,35). The Morgan fingerprint density at radius 3 is 1.53 bits per heavy atom. The molecule has 0 bridgehead atoms. The molecule has 0 atom stereocenters. The van der Waals surface area contributed by atoms with Gasteiger partial charge in [-0.1, -0.05) is 135 Å². The third kappa shape index (κ3) is 12.2. The third-order valence-electron chi connectivity index (χ3n) is 7.48. The maximum absolute atomic E-state index is 12.2. The molecule has 0 fully saturated rings. The summed E-state index contributed by atoms with van der Waals surface area (Å²) in [4.78, 5) is 0.0924. The molecule has 0 amide bonds. The van der Waals surface area contributed by atoms with Crippen LogP contribution in [0.25, 0.3) is 10.8 Å². The van der Waals surface area contributed by atoms with Crippen molar-refractivity contribution in [2.75, 3.05) is 0 Å². The molecule has 204 valence electrons. The fourth-order valence-electron chi connectivity index (χ4n) is 5.23. The van der Waals surface area contributed by atoms with E-state index in [0.29, 0.717) is 6.42 Å². The molecule has 36 heavy (non-hydrogen) atoms. The van der Waals surface area contributed by atoms with E-state index in [1.165, 1.54) is 108 Å². The van der Waals surface area contributed by atoms with Gasteiger partial charge >= 0.3 is 0 Å². The van der Waals surface area contributed by atoms with E-state index in [0.717, 1.165) is 35.6 Å². The van der Waals surface area contributed by atoms with E-state index in [1.54, 1.807) is 6.07 Å². The van der Waals surface area contributed by atoms with E-state index < -0.39 is 10.1 Å². The van der Waals surface area contributed by atoms with E-state index >= 15 is 0 Å². The van der Waals surface area contributed by atoms with Crippen LogP contribution in [-0.2, 0) is 23.0 Å². The van der Waals surface area contributed by atoms with Gasteiger partial charge in [-0.15, -0.1) is 0 Å². The smallest absolute Gasteiger partial charge is 0.282 e. The monoisotopic (exact) mass is 516 g/mol. The van der Waals surface area contributed by atoms with Gasteiger partial charge < -0.3 is 0 Å². The highest BCUT2D eigenvalue weighted by Gasteiger charge is 2.16. The van der Waals surface area contributed by atoms with Crippen LogP contribution >= 0.6 is 0 Å². The Balaban J connectivity index is 1.85. The lowest BCUT2D eigenvalue weighted by Gasteiger charge is -2.11. The Bertz CT molecular complexity index is 965. The van der Waals surface area contributed by atoms with E-state index in [-0.39, 0.29) is 4.90 Å². The van der Waals surface area contributed by atoms with Crippen molar-refractivity contribution in [1.29, 1.82) is 0 Å². The minimum atomic E-state index is -4.23. The molecule has 0 spiro atoms. The Hall–Kier alpha value is -1.39. The van der Waals surface area contributed by atoms with Crippen molar-refractivity contribution in [2.24, 2.45) is 0 Å². The second-order valence-electron chi connectivity index (χ2n) is 10.8. The minimum Gasteiger partial charge on any atom is -0.282 e. The number of rotatable bonds is 21. The van der Waals surface area contributed by atoms with E-state index in [9.17, 15) is 13.0 Å². The van der Waals surface area contributed by atoms with Gasteiger partial charge in [-0.2, -0.15) is 8.42 Å². The Kier molecular flexibility index (Phi) is 15.4. The Labute approximate surface area is 222 Å². The predicted molar refractivity (Wildman–Crippen MR) is 156 cm³/mol. The predicted octanol–water partition coefficient (Wildman–Crippen LogP) is 10.2. The number of benzene rings is 2. The summed E-state index contributed by atoms with van der Waals surface area (Å²) in [6, 6.07) is 10.1. The molecule has 0 aromatic heterocycles. The molecule has 0 heterocycles. The molecule has 4 heteroatoms. The zero-order valence-corrected chi connectivity index (χ0v) is 24.0. The van der Waals surface area contributed by atoms with Crippen molar-refractivity contribution in [1.82, 2.24) is 0 Å². The van der Waals surface area contributed by atoms with Crippen molar-refractivity contribution in [3.63, 3.8) is 0 Å². The van der Waals surface area contributed by atoms with Crippen molar-refractivity contribution in [3.8, 4) is 0 Å². The molecular weight excluding hydrogens is 464 g/mol. The van der Waals surface area contributed by atoms with Crippen molar-refractivity contribution in [3.05, 3.63) is 41.5 Å². The fraction of sp³-hybridized carbons (Fsp3) is 0.688. The molecule has 3 nitrogen and oxygen atoms in total. The number of fused-ring (bicyclic) bond motifs is 1. The second-order valence-corrected chi connectivity index (χ2v) is 12.2. The molecule has 0 aliphatic carbocycles. The lowest BCUT2D eigenvalue weighted by molar-refractivity contribution is 0.481. The molecule has 2 rings (SSSR count). The lowest BCUT2D eigenvalue weighted by atomic mass is 9.98. The second kappa shape index (κ2) is 18.0. The van der Waals surface area contributed by atoms with Crippen molar-refractivity contribution >= 4 is 20.9 Å². The number of unbranched alkanes of at least 4 members (excludes halogenated alkanes) is 16. The molecule has 0 aliphatic heterocycles. The number of hydrogen-bond donors (Lipinski definition) is 1. The van der Waals surface area contributed by atoms with Crippen LogP contribution < -0.4 is 0 Å². The molecule has 2 aromatic rings. The lowest BCUT2D eigenvalue weighted by Crippen LogP contribution is -2.04. The summed E-state index contributed by atoms with van der Waals surface area (Å²) in [7, 11) is -4.23. The molecule has 0 radical (unpaired) electrons. The molecule has 0 saturated carbocycles. The van der Waals surface area contributed by atoms with Crippen molar-refractivity contribution < 1.29 is 13.0 Å². The third-order valence-corrected chi connectivity index (χ3v) is 8.42. The summed E-state index contributed by atoms with van der Waals surface area (Å²) in [6.07, 6.45) is 24.6. The maximum Gasteiger partial charge on any atom is 0.294 e.